The Balaban J connectivity index is 2.08. The Morgan fingerprint density at radius 3 is 2.75 bits per heavy atom. The zero-order valence-electron chi connectivity index (χ0n) is 11.8. The molecule has 2 heterocycles. The molecule has 3 N–H and O–H groups in total. The molecule has 0 radical (unpaired) electrons. The van der Waals surface area contributed by atoms with Gasteiger partial charge in [0.25, 0.3) is 0 Å². The van der Waals surface area contributed by atoms with Crippen molar-refractivity contribution in [2.45, 2.75) is 19.8 Å². The van der Waals surface area contributed by atoms with Gasteiger partial charge in [-0.15, -0.1) is 0 Å². The number of anilines is 2. The summed E-state index contributed by atoms with van der Waals surface area (Å²) in [5.74, 6) is 0.0867. The van der Waals surface area contributed by atoms with Crippen molar-refractivity contribution in [1.29, 1.82) is 0 Å². The van der Waals surface area contributed by atoms with E-state index in [-0.39, 0.29) is 22.7 Å². The average Bonchev–Trinajstić information content (AvgIpc) is 2.40. The third-order valence-electron chi connectivity index (χ3n) is 3.91. The van der Waals surface area contributed by atoms with Crippen LogP contribution in [0.1, 0.15) is 19.8 Å². The number of nitrogens with one attached hydrogen (secondary N) is 1. The third-order valence-corrected chi connectivity index (χ3v) is 3.91. The molecule has 8 nitrogen and oxygen atoms in total. The van der Waals surface area contributed by atoms with E-state index in [9.17, 15) is 10.1 Å². The molecule has 1 aromatic heterocycles. The maximum atomic E-state index is 11.0. The van der Waals surface area contributed by atoms with Gasteiger partial charge in [0, 0.05) is 6.54 Å². The van der Waals surface area contributed by atoms with Crippen LogP contribution < -0.4 is 11.1 Å². The highest BCUT2D eigenvalue weighted by Crippen LogP contribution is 2.32. The molecule has 1 saturated heterocycles. The zero-order chi connectivity index (χ0) is 14.8. The van der Waals surface area contributed by atoms with Gasteiger partial charge in [-0.2, -0.15) is 0 Å². The van der Waals surface area contributed by atoms with Crippen LogP contribution in [-0.2, 0) is 0 Å². The number of likely N-dealkylation sites (tertiary alicyclic amines) is 1. The molecule has 0 unspecified atom stereocenters. The second-order valence-corrected chi connectivity index (χ2v) is 5.68. The summed E-state index contributed by atoms with van der Waals surface area (Å²) in [6.07, 6.45) is 3.33. The Hall–Kier alpha value is -1.96. The standard InChI is InChI=1S/C12H20N6O2/c1-12(3-5-17(2)6-4-12)7-14-11-9(18(19)20)10(13)15-8-16-11/h8H,3-7H2,1-2H3,(H3,13,14,15,16). The first-order valence-electron chi connectivity index (χ1n) is 6.58. The van der Waals surface area contributed by atoms with Gasteiger partial charge in [0.15, 0.2) is 0 Å². The quantitative estimate of drug-likeness (QED) is 0.627. The second-order valence-electron chi connectivity index (χ2n) is 5.68. The number of hydrogen-bond acceptors (Lipinski definition) is 7. The smallest absolute Gasteiger partial charge is 0.352 e. The van der Waals surface area contributed by atoms with E-state index in [1.54, 1.807) is 0 Å². The number of nitrogens with zero attached hydrogens (tertiary/aromatic N) is 4. The number of nitro groups is 1. The Kier molecular flexibility index (Phi) is 4.03. The van der Waals surface area contributed by atoms with Gasteiger partial charge in [-0.05, 0) is 38.4 Å². The minimum absolute atomic E-state index is 0.110. The summed E-state index contributed by atoms with van der Waals surface area (Å²) in [6, 6.07) is 0. The van der Waals surface area contributed by atoms with Crippen LogP contribution in [0.3, 0.4) is 0 Å². The molecule has 0 bridgehead atoms. The lowest BCUT2D eigenvalue weighted by Gasteiger charge is -2.38. The molecular weight excluding hydrogens is 260 g/mol. The number of nitrogens with two attached hydrogens (primary N) is 1. The molecule has 0 amide bonds. The maximum Gasteiger partial charge on any atom is 0.352 e. The number of piperidine rings is 1. The van der Waals surface area contributed by atoms with Crippen molar-refractivity contribution >= 4 is 17.3 Å². The highest BCUT2D eigenvalue weighted by atomic mass is 16.6. The van der Waals surface area contributed by atoms with E-state index in [2.05, 4.69) is 34.2 Å². The number of rotatable bonds is 4. The number of hydrogen-bond donors (Lipinski definition) is 2. The van der Waals surface area contributed by atoms with Gasteiger partial charge in [0.2, 0.25) is 11.6 Å². The molecule has 1 fully saturated rings. The first-order chi connectivity index (χ1) is 9.41. The van der Waals surface area contributed by atoms with E-state index in [0.717, 1.165) is 25.9 Å². The van der Waals surface area contributed by atoms with Crippen molar-refractivity contribution in [1.82, 2.24) is 14.9 Å². The van der Waals surface area contributed by atoms with Crippen molar-refractivity contribution in [3.8, 4) is 0 Å². The van der Waals surface area contributed by atoms with Crippen LogP contribution >= 0.6 is 0 Å². The second kappa shape index (κ2) is 5.58. The van der Waals surface area contributed by atoms with E-state index in [0.29, 0.717) is 6.54 Å². The molecule has 1 aliphatic rings. The van der Waals surface area contributed by atoms with Crippen LogP contribution in [-0.4, -0.2) is 46.5 Å². The summed E-state index contributed by atoms with van der Waals surface area (Å²) >= 11 is 0. The summed E-state index contributed by atoms with van der Waals surface area (Å²) in [5.41, 5.74) is 5.41. The highest BCUT2D eigenvalue weighted by molar-refractivity contribution is 5.67. The normalized spacial score (nSPS) is 18.7. The molecule has 1 aromatic rings. The number of aromatic nitrogens is 2. The van der Waals surface area contributed by atoms with Gasteiger partial charge in [-0.25, -0.2) is 9.97 Å². The van der Waals surface area contributed by atoms with Crippen molar-refractivity contribution in [2.24, 2.45) is 5.41 Å². The highest BCUT2D eigenvalue weighted by Gasteiger charge is 2.30. The lowest BCUT2D eigenvalue weighted by atomic mass is 9.80. The molecule has 110 valence electrons. The largest absolute Gasteiger partial charge is 0.378 e. The van der Waals surface area contributed by atoms with Crippen molar-refractivity contribution in [3.05, 3.63) is 16.4 Å². The fourth-order valence-corrected chi connectivity index (χ4v) is 2.33. The minimum atomic E-state index is -0.547. The van der Waals surface area contributed by atoms with Crippen LogP contribution in [0.15, 0.2) is 6.33 Å². The van der Waals surface area contributed by atoms with E-state index >= 15 is 0 Å². The van der Waals surface area contributed by atoms with Crippen LogP contribution in [0.4, 0.5) is 17.3 Å². The Bertz CT molecular complexity index is 499. The number of nitrogen functional groups attached to an aromatic ring is 1. The summed E-state index contributed by atoms with van der Waals surface area (Å²) in [4.78, 5) is 20.4. The third kappa shape index (κ3) is 3.13. The molecule has 8 heteroatoms. The fourth-order valence-electron chi connectivity index (χ4n) is 2.33. The monoisotopic (exact) mass is 280 g/mol. The van der Waals surface area contributed by atoms with Crippen LogP contribution in [0.25, 0.3) is 0 Å². The molecule has 0 aromatic carbocycles. The topological polar surface area (TPSA) is 110 Å². The first-order valence-corrected chi connectivity index (χ1v) is 6.58. The van der Waals surface area contributed by atoms with Gasteiger partial charge in [-0.1, -0.05) is 6.92 Å². The minimum Gasteiger partial charge on any atom is -0.378 e. The van der Waals surface area contributed by atoms with Gasteiger partial charge in [0.1, 0.15) is 6.33 Å². The summed E-state index contributed by atoms with van der Waals surface area (Å²) < 4.78 is 0. The Morgan fingerprint density at radius 2 is 2.15 bits per heavy atom. The average molecular weight is 280 g/mol. The molecule has 0 atom stereocenters. The molecule has 20 heavy (non-hydrogen) atoms. The zero-order valence-corrected chi connectivity index (χ0v) is 11.8. The molecule has 1 aliphatic heterocycles. The Labute approximate surface area is 117 Å². The summed E-state index contributed by atoms with van der Waals surface area (Å²) in [7, 11) is 2.10. The molecular formula is C12H20N6O2. The van der Waals surface area contributed by atoms with Crippen molar-refractivity contribution < 1.29 is 4.92 Å². The van der Waals surface area contributed by atoms with E-state index in [4.69, 9.17) is 5.73 Å². The lowest BCUT2D eigenvalue weighted by Crippen LogP contribution is -2.40. The van der Waals surface area contributed by atoms with E-state index in [1.165, 1.54) is 6.33 Å². The predicted molar refractivity (Wildman–Crippen MR) is 76.4 cm³/mol. The predicted octanol–water partition coefficient (Wildman–Crippen LogP) is 1.11. The summed E-state index contributed by atoms with van der Waals surface area (Å²) in [6.45, 7) is 4.89. The van der Waals surface area contributed by atoms with Crippen LogP contribution in [0.2, 0.25) is 0 Å². The van der Waals surface area contributed by atoms with Crippen LogP contribution in [0, 0.1) is 15.5 Å². The molecule has 2 rings (SSSR count). The van der Waals surface area contributed by atoms with Crippen molar-refractivity contribution in [2.75, 3.05) is 37.7 Å². The maximum absolute atomic E-state index is 11.0. The molecule has 0 saturated carbocycles. The van der Waals surface area contributed by atoms with E-state index in [1.807, 2.05) is 0 Å². The lowest BCUT2D eigenvalue weighted by molar-refractivity contribution is -0.383. The fraction of sp³-hybridized carbons (Fsp3) is 0.667. The molecule has 0 aliphatic carbocycles. The Morgan fingerprint density at radius 1 is 1.50 bits per heavy atom. The summed E-state index contributed by atoms with van der Waals surface area (Å²) in [5, 5.41) is 14.1. The van der Waals surface area contributed by atoms with Crippen LogP contribution in [0.5, 0.6) is 0 Å². The SMILES string of the molecule is CN1CCC(C)(CNc2ncnc(N)c2[N+](=O)[O-])CC1. The van der Waals surface area contributed by atoms with Crippen molar-refractivity contribution in [3.63, 3.8) is 0 Å². The first kappa shape index (κ1) is 14.4. The van der Waals surface area contributed by atoms with Gasteiger partial charge >= 0.3 is 5.69 Å². The van der Waals surface area contributed by atoms with Gasteiger partial charge < -0.3 is 16.0 Å². The molecule has 0 spiro atoms. The van der Waals surface area contributed by atoms with Gasteiger partial charge in [0.05, 0.1) is 4.92 Å². The van der Waals surface area contributed by atoms with E-state index < -0.39 is 4.92 Å². The van der Waals surface area contributed by atoms with Gasteiger partial charge in [-0.3, -0.25) is 10.1 Å².